The van der Waals surface area contributed by atoms with Crippen LogP contribution in [0.1, 0.15) is 34.5 Å². The quantitative estimate of drug-likeness (QED) is 0.796. The van der Waals surface area contributed by atoms with Crippen LogP contribution in [0.15, 0.2) is 18.2 Å². The van der Waals surface area contributed by atoms with E-state index in [4.69, 9.17) is 10.5 Å². The minimum Gasteiger partial charge on any atom is -0.378 e. The van der Waals surface area contributed by atoms with E-state index in [1.54, 1.807) is 6.07 Å². The van der Waals surface area contributed by atoms with E-state index in [0.29, 0.717) is 36.5 Å². The number of fused-ring (bicyclic) bond motifs is 1. The second-order valence-corrected chi connectivity index (χ2v) is 7.23. The van der Waals surface area contributed by atoms with Crippen LogP contribution in [0.4, 0.5) is 4.39 Å². The second kappa shape index (κ2) is 8.94. The van der Waals surface area contributed by atoms with Crippen molar-refractivity contribution in [1.82, 2.24) is 4.90 Å². The van der Waals surface area contributed by atoms with Crippen LogP contribution in [-0.4, -0.2) is 43.2 Å². The number of carbonyl (C=O) groups is 1. The maximum Gasteiger partial charge on any atom is 0.264 e. The summed E-state index contributed by atoms with van der Waals surface area (Å²) >= 11 is 1.38. The third kappa shape index (κ3) is 4.31. The lowest BCUT2D eigenvalue weighted by atomic mass is 10.1. The van der Waals surface area contributed by atoms with Crippen molar-refractivity contribution in [2.75, 3.05) is 26.2 Å². The Kier molecular flexibility index (Phi) is 7.19. The first-order chi connectivity index (χ1) is 11.6. The molecule has 1 aliphatic heterocycles. The van der Waals surface area contributed by atoms with Gasteiger partial charge in [0.1, 0.15) is 5.82 Å². The lowest BCUT2D eigenvalue weighted by Crippen LogP contribution is -2.41. The summed E-state index contributed by atoms with van der Waals surface area (Å²) in [5, 5.41) is 0.575. The molecule has 2 N–H and O–H groups in total. The predicted molar refractivity (Wildman–Crippen MR) is 102 cm³/mol. The van der Waals surface area contributed by atoms with Crippen LogP contribution in [0.5, 0.6) is 0 Å². The number of nitrogens with two attached hydrogens (primary N) is 1. The van der Waals surface area contributed by atoms with Crippen molar-refractivity contribution in [3.8, 4) is 0 Å². The smallest absolute Gasteiger partial charge is 0.264 e. The van der Waals surface area contributed by atoms with Gasteiger partial charge in [-0.2, -0.15) is 0 Å². The molecule has 0 bridgehead atoms. The van der Waals surface area contributed by atoms with Gasteiger partial charge in [-0.1, -0.05) is 6.07 Å². The molecule has 138 valence electrons. The molecule has 25 heavy (non-hydrogen) atoms. The first-order valence-corrected chi connectivity index (χ1v) is 9.22. The molecule has 1 fully saturated rings. The number of halogens is 2. The van der Waals surface area contributed by atoms with Crippen LogP contribution in [0.25, 0.3) is 10.1 Å². The first kappa shape index (κ1) is 20.1. The van der Waals surface area contributed by atoms with Gasteiger partial charge in [0, 0.05) is 29.8 Å². The normalized spacial score (nSPS) is 15.4. The van der Waals surface area contributed by atoms with Gasteiger partial charge in [-0.3, -0.25) is 4.79 Å². The van der Waals surface area contributed by atoms with E-state index in [0.717, 1.165) is 29.5 Å². The zero-order valence-corrected chi connectivity index (χ0v) is 15.9. The van der Waals surface area contributed by atoms with Gasteiger partial charge in [0.2, 0.25) is 0 Å². The highest BCUT2D eigenvalue weighted by Gasteiger charge is 2.27. The van der Waals surface area contributed by atoms with Crippen molar-refractivity contribution in [3.63, 3.8) is 0 Å². The Balaban J connectivity index is 0.00000225. The van der Waals surface area contributed by atoms with Crippen LogP contribution < -0.4 is 5.73 Å². The van der Waals surface area contributed by atoms with E-state index in [2.05, 4.69) is 0 Å². The van der Waals surface area contributed by atoms with Gasteiger partial charge < -0.3 is 15.4 Å². The largest absolute Gasteiger partial charge is 0.378 e. The van der Waals surface area contributed by atoms with E-state index in [-0.39, 0.29) is 30.2 Å². The number of benzene rings is 1. The van der Waals surface area contributed by atoms with Crippen molar-refractivity contribution in [2.45, 2.75) is 32.3 Å². The number of piperidine rings is 1. The van der Waals surface area contributed by atoms with Crippen molar-refractivity contribution in [3.05, 3.63) is 34.5 Å². The lowest BCUT2D eigenvalue weighted by molar-refractivity contribution is 0.00856. The molecule has 4 nitrogen and oxygen atoms in total. The van der Waals surface area contributed by atoms with Gasteiger partial charge in [0.25, 0.3) is 5.91 Å². The van der Waals surface area contributed by atoms with Crippen molar-refractivity contribution < 1.29 is 13.9 Å². The number of hydrogen-bond donors (Lipinski definition) is 1. The molecular weight excluding hydrogens is 363 g/mol. The topological polar surface area (TPSA) is 55.6 Å². The van der Waals surface area contributed by atoms with Crippen molar-refractivity contribution in [2.24, 2.45) is 5.73 Å². The van der Waals surface area contributed by atoms with Crippen LogP contribution in [0, 0.1) is 12.7 Å². The summed E-state index contributed by atoms with van der Waals surface area (Å²) in [7, 11) is 0. The average molecular weight is 387 g/mol. The molecule has 2 heterocycles. The number of carbonyl (C=O) groups excluding carboxylic acids is 1. The number of likely N-dealkylation sites (tertiary alicyclic amines) is 1. The van der Waals surface area contributed by atoms with Gasteiger partial charge in [-0.15, -0.1) is 23.7 Å². The molecular formula is C18H24ClFN2O2S. The standard InChI is InChI=1S/C18H23FN2O2S.ClH/c1-12-16-14(19)4-2-5-15(16)24-17(12)18(22)21-9-6-13(7-10-21)23-11-3-8-20;/h2,4-5,13H,3,6-11,20H2,1H3;1H. The number of amides is 1. The predicted octanol–water partition coefficient (Wildman–Crippen LogP) is 3.74. The highest BCUT2D eigenvalue weighted by atomic mass is 35.5. The zero-order chi connectivity index (χ0) is 17.1. The van der Waals surface area contributed by atoms with Gasteiger partial charge >= 0.3 is 0 Å². The van der Waals surface area contributed by atoms with E-state index in [9.17, 15) is 9.18 Å². The third-order valence-electron chi connectivity index (χ3n) is 4.53. The fraction of sp³-hybridized carbons (Fsp3) is 0.500. The van der Waals surface area contributed by atoms with E-state index in [1.807, 2.05) is 17.9 Å². The number of nitrogens with zero attached hydrogens (tertiary/aromatic N) is 1. The van der Waals surface area contributed by atoms with E-state index >= 15 is 0 Å². The van der Waals surface area contributed by atoms with Gasteiger partial charge in [0.05, 0.1) is 11.0 Å². The Morgan fingerprint density at radius 1 is 1.40 bits per heavy atom. The average Bonchev–Trinajstić information content (AvgIpc) is 2.93. The summed E-state index contributed by atoms with van der Waals surface area (Å²) in [6.07, 6.45) is 2.76. The SMILES string of the molecule is Cc1c(C(=O)N2CCC(OCCCN)CC2)sc2cccc(F)c12.Cl. The summed E-state index contributed by atoms with van der Waals surface area (Å²) in [4.78, 5) is 15.3. The number of rotatable bonds is 5. The molecule has 0 atom stereocenters. The molecule has 0 saturated carbocycles. The molecule has 0 unspecified atom stereocenters. The maximum absolute atomic E-state index is 14.0. The summed E-state index contributed by atoms with van der Waals surface area (Å²) in [5.41, 5.74) is 6.22. The molecule has 1 aromatic heterocycles. The van der Waals surface area contributed by atoms with Gasteiger partial charge in [0.15, 0.2) is 0 Å². The summed E-state index contributed by atoms with van der Waals surface area (Å²) in [6, 6.07) is 5.00. The molecule has 1 aliphatic rings. The Morgan fingerprint density at radius 2 is 2.12 bits per heavy atom. The van der Waals surface area contributed by atoms with Crippen LogP contribution in [-0.2, 0) is 4.74 Å². The molecule has 3 rings (SSSR count). The Hall–Kier alpha value is -1.21. The zero-order valence-electron chi connectivity index (χ0n) is 14.3. The molecule has 0 radical (unpaired) electrons. The number of thiophene rings is 1. The Bertz CT molecular complexity index is 729. The number of aryl methyl sites for hydroxylation is 1. The van der Waals surface area contributed by atoms with Gasteiger partial charge in [-0.25, -0.2) is 4.39 Å². The van der Waals surface area contributed by atoms with E-state index in [1.165, 1.54) is 17.4 Å². The van der Waals surface area contributed by atoms with Crippen molar-refractivity contribution in [1.29, 1.82) is 0 Å². The second-order valence-electron chi connectivity index (χ2n) is 6.17. The van der Waals surface area contributed by atoms with E-state index < -0.39 is 0 Å². The lowest BCUT2D eigenvalue weighted by Gasteiger charge is -2.31. The molecule has 2 aromatic rings. The maximum atomic E-state index is 14.0. The Morgan fingerprint density at radius 3 is 2.76 bits per heavy atom. The number of ether oxygens (including phenoxy) is 1. The van der Waals surface area contributed by atoms with Crippen LogP contribution in [0.2, 0.25) is 0 Å². The third-order valence-corrected chi connectivity index (χ3v) is 5.77. The summed E-state index contributed by atoms with van der Waals surface area (Å²) in [6.45, 7) is 4.52. The van der Waals surface area contributed by atoms with Crippen molar-refractivity contribution >= 4 is 39.7 Å². The summed E-state index contributed by atoms with van der Waals surface area (Å²) < 4.78 is 20.6. The molecule has 1 aromatic carbocycles. The van der Waals surface area contributed by atoms with Gasteiger partial charge in [-0.05, 0) is 50.4 Å². The minimum atomic E-state index is -0.257. The molecule has 0 spiro atoms. The monoisotopic (exact) mass is 386 g/mol. The molecule has 0 aliphatic carbocycles. The molecule has 7 heteroatoms. The summed E-state index contributed by atoms with van der Waals surface area (Å²) in [5.74, 6) is -0.249. The fourth-order valence-corrected chi connectivity index (χ4v) is 4.35. The fourth-order valence-electron chi connectivity index (χ4n) is 3.16. The molecule has 1 amide bonds. The number of hydrogen-bond acceptors (Lipinski definition) is 4. The highest BCUT2D eigenvalue weighted by molar-refractivity contribution is 7.21. The first-order valence-electron chi connectivity index (χ1n) is 8.40. The van der Waals surface area contributed by atoms with Crippen LogP contribution >= 0.6 is 23.7 Å². The minimum absolute atomic E-state index is 0. The Labute approximate surface area is 157 Å². The molecule has 1 saturated heterocycles. The van der Waals surface area contributed by atoms with Crippen LogP contribution in [0.3, 0.4) is 0 Å². The highest BCUT2D eigenvalue weighted by Crippen LogP contribution is 2.33.